The van der Waals surface area contributed by atoms with Gasteiger partial charge in [-0.2, -0.15) is 0 Å². The van der Waals surface area contributed by atoms with Gasteiger partial charge in [-0.05, 0) is 36.2 Å². The fraction of sp³-hybridized carbons (Fsp3) is 0.294. The zero-order valence-corrected chi connectivity index (χ0v) is 12.6. The lowest BCUT2D eigenvalue weighted by Crippen LogP contribution is -2.21. The number of benzene rings is 2. The van der Waals surface area contributed by atoms with Crippen LogP contribution in [-0.4, -0.2) is 6.04 Å². The summed E-state index contributed by atoms with van der Waals surface area (Å²) in [6, 6.07) is 17.8. The average molecular weight is 271 g/mol. The molecule has 1 nitrogen and oxygen atoms in total. The van der Waals surface area contributed by atoms with Gasteiger partial charge in [-0.1, -0.05) is 55.9 Å². The molecule has 0 bridgehead atoms. The third-order valence-corrected chi connectivity index (χ3v) is 4.11. The third-order valence-electron chi connectivity index (χ3n) is 2.92. The Morgan fingerprint density at radius 3 is 2.42 bits per heavy atom. The Bertz CT molecular complexity index is 520. The van der Waals surface area contributed by atoms with E-state index in [0.717, 1.165) is 6.54 Å². The topological polar surface area (TPSA) is 12.0 Å². The predicted molar refractivity (Wildman–Crippen MR) is 83.7 cm³/mol. The van der Waals surface area contributed by atoms with Crippen molar-refractivity contribution in [1.29, 1.82) is 0 Å². The summed E-state index contributed by atoms with van der Waals surface area (Å²) >= 11 is 1.83. The number of nitrogens with one attached hydrogen (secondary N) is 1. The summed E-state index contributed by atoms with van der Waals surface area (Å²) in [6.07, 6.45) is 0. The molecule has 0 atom stereocenters. The first-order valence-electron chi connectivity index (χ1n) is 6.71. The van der Waals surface area contributed by atoms with Crippen LogP contribution in [-0.2, 0) is 6.54 Å². The molecular weight excluding hydrogens is 250 g/mol. The number of rotatable bonds is 5. The summed E-state index contributed by atoms with van der Waals surface area (Å²) in [5.41, 5.74) is 2.69. The highest BCUT2D eigenvalue weighted by Gasteiger charge is 2.03. The lowest BCUT2D eigenvalue weighted by molar-refractivity contribution is 0.588. The van der Waals surface area contributed by atoms with Gasteiger partial charge in [-0.15, -0.1) is 0 Å². The van der Waals surface area contributed by atoms with E-state index in [1.807, 2.05) is 11.8 Å². The second-order valence-corrected chi connectivity index (χ2v) is 6.17. The van der Waals surface area contributed by atoms with Gasteiger partial charge in [0.2, 0.25) is 0 Å². The first-order valence-corrected chi connectivity index (χ1v) is 7.52. The van der Waals surface area contributed by atoms with Crippen molar-refractivity contribution in [3.8, 4) is 0 Å². The summed E-state index contributed by atoms with van der Waals surface area (Å²) in [7, 11) is 0. The third kappa shape index (κ3) is 4.41. The van der Waals surface area contributed by atoms with Crippen molar-refractivity contribution >= 4 is 11.8 Å². The van der Waals surface area contributed by atoms with E-state index in [4.69, 9.17) is 0 Å². The molecule has 0 aliphatic rings. The smallest absolute Gasteiger partial charge is 0.0207 e. The predicted octanol–water partition coefficient (Wildman–Crippen LogP) is 4.64. The molecule has 19 heavy (non-hydrogen) atoms. The normalized spacial score (nSPS) is 10.9. The summed E-state index contributed by atoms with van der Waals surface area (Å²) in [5.74, 6) is 0. The molecule has 1 N–H and O–H groups in total. The van der Waals surface area contributed by atoms with Gasteiger partial charge in [-0.3, -0.25) is 0 Å². The fourth-order valence-corrected chi connectivity index (χ4v) is 2.78. The van der Waals surface area contributed by atoms with E-state index in [1.54, 1.807) is 0 Å². The molecule has 0 unspecified atom stereocenters. The Hall–Kier alpha value is -1.25. The van der Waals surface area contributed by atoms with E-state index in [9.17, 15) is 0 Å². The molecule has 0 heterocycles. The van der Waals surface area contributed by atoms with Crippen LogP contribution in [0.4, 0.5) is 0 Å². The maximum Gasteiger partial charge on any atom is 0.0207 e. The van der Waals surface area contributed by atoms with Gasteiger partial charge in [0, 0.05) is 22.4 Å². The van der Waals surface area contributed by atoms with E-state index in [1.165, 1.54) is 20.9 Å². The Morgan fingerprint density at radius 2 is 1.79 bits per heavy atom. The van der Waals surface area contributed by atoms with Crippen molar-refractivity contribution in [2.75, 3.05) is 0 Å². The van der Waals surface area contributed by atoms with Gasteiger partial charge in [0.1, 0.15) is 0 Å². The van der Waals surface area contributed by atoms with Crippen LogP contribution >= 0.6 is 11.8 Å². The van der Waals surface area contributed by atoms with Crippen molar-refractivity contribution in [2.45, 2.75) is 43.1 Å². The highest BCUT2D eigenvalue weighted by atomic mass is 32.2. The molecule has 0 radical (unpaired) electrons. The Kier molecular flexibility index (Phi) is 5.06. The highest BCUT2D eigenvalue weighted by molar-refractivity contribution is 7.99. The molecule has 0 fully saturated rings. The van der Waals surface area contributed by atoms with E-state index < -0.39 is 0 Å². The molecule has 0 saturated heterocycles. The maximum absolute atomic E-state index is 3.45. The minimum atomic E-state index is 0.527. The summed E-state index contributed by atoms with van der Waals surface area (Å²) in [5, 5.41) is 3.45. The average Bonchev–Trinajstić information content (AvgIpc) is 2.40. The molecule has 2 heteroatoms. The molecule has 0 saturated carbocycles. The molecule has 2 aromatic rings. The molecule has 0 aliphatic heterocycles. The Labute approximate surface area is 120 Å². The van der Waals surface area contributed by atoms with Crippen LogP contribution in [0.5, 0.6) is 0 Å². The summed E-state index contributed by atoms with van der Waals surface area (Å²) in [4.78, 5) is 2.62. The van der Waals surface area contributed by atoms with E-state index >= 15 is 0 Å². The van der Waals surface area contributed by atoms with Gasteiger partial charge in [0.15, 0.2) is 0 Å². The SMILES string of the molecule is Cc1cc(CNC(C)C)ccc1Sc1ccccc1. The van der Waals surface area contributed by atoms with Gasteiger partial charge < -0.3 is 5.32 Å². The monoisotopic (exact) mass is 271 g/mol. The van der Waals surface area contributed by atoms with Crippen molar-refractivity contribution < 1.29 is 0 Å². The number of hydrogen-bond donors (Lipinski definition) is 1. The van der Waals surface area contributed by atoms with Crippen LogP contribution in [0.3, 0.4) is 0 Å². The minimum absolute atomic E-state index is 0.527. The molecule has 0 spiro atoms. The first-order chi connectivity index (χ1) is 9.15. The first kappa shape index (κ1) is 14.2. The lowest BCUT2D eigenvalue weighted by Gasteiger charge is -2.11. The van der Waals surface area contributed by atoms with Crippen molar-refractivity contribution in [3.05, 3.63) is 59.7 Å². The molecule has 0 aliphatic carbocycles. The standard InChI is InChI=1S/C17H21NS/c1-13(2)18-12-15-9-10-17(14(3)11-15)19-16-7-5-4-6-8-16/h4-11,13,18H,12H2,1-3H3. The quantitative estimate of drug-likeness (QED) is 0.850. The van der Waals surface area contributed by atoms with Crippen LogP contribution in [0.25, 0.3) is 0 Å². The van der Waals surface area contributed by atoms with Crippen LogP contribution in [0.1, 0.15) is 25.0 Å². The van der Waals surface area contributed by atoms with Gasteiger partial charge in [-0.25, -0.2) is 0 Å². The molecule has 0 aromatic heterocycles. The Morgan fingerprint density at radius 1 is 1.05 bits per heavy atom. The van der Waals surface area contributed by atoms with Crippen LogP contribution in [0, 0.1) is 6.92 Å². The largest absolute Gasteiger partial charge is 0.310 e. The van der Waals surface area contributed by atoms with E-state index in [0.29, 0.717) is 6.04 Å². The fourth-order valence-electron chi connectivity index (χ4n) is 1.87. The zero-order valence-electron chi connectivity index (χ0n) is 11.8. The van der Waals surface area contributed by atoms with Crippen LogP contribution in [0.15, 0.2) is 58.3 Å². The summed E-state index contributed by atoms with van der Waals surface area (Å²) in [6.45, 7) is 7.47. The number of hydrogen-bond acceptors (Lipinski definition) is 2. The lowest BCUT2D eigenvalue weighted by atomic mass is 10.1. The van der Waals surface area contributed by atoms with Crippen molar-refractivity contribution in [3.63, 3.8) is 0 Å². The molecule has 0 amide bonds. The second kappa shape index (κ2) is 6.78. The van der Waals surface area contributed by atoms with Gasteiger partial charge in [0.05, 0.1) is 0 Å². The summed E-state index contributed by atoms with van der Waals surface area (Å²) < 4.78 is 0. The Balaban J connectivity index is 2.07. The van der Waals surface area contributed by atoms with E-state index in [-0.39, 0.29) is 0 Å². The van der Waals surface area contributed by atoms with E-state index in [2.05, 4.69) is 74.6 Å². The van der Waals surface area contributed by atoms with Crippen LogP contribution < -0.4 is 5.32 Å². The second-order valence-electron chi connectivity index (χ2n) is 5.05. The van der Waals surface area contributed by atoms with Crippen LogP contribution in [0.2, 0.25) is 0 Å². The molecule has 2 aromatic carbocycles. The highest BCUT2D eigenvalue weighted by Crippen LogP contribution is 2.30. The van der Waals surface area contributed by atoms with Crippen molar-refractivity contribution in [2.24, 2.45) is 0 Å². The zero-order chi connectivity index (χ0) is 13.7. The van der Waals surface area contributed by atoms with Gasteiger partial charge >= 0.3 is 0 Å². The molecule has 2 rings (SSSR count). The number of aryl methyl sites for hydroxylation is 1. The van der Waals surface area contributed by atoms with Crippen molar-refractivity contribution in [1.82, 2.24) is 5.32 Å². The molecule has 100 valence electrons. The maximum atomic E-state index is 3.45. The van der Waals surface area contributed by atoms with Gasteiger partial charge in [0.25, 0.3) is 0 Å². The molecular formula is C17H21NS. The minimum Gasteiger partial charge on any atom is -0.310 e.